The van der Waals surface area contributed by atoms with Gasteiger partial charge in [-0.3, -0.25) is 4.79 Å². The Kier molecular flexibility index (Phi) is 4.47. The number of anilines is 1. The van der Waals surface area contributed by atoms with Crippen LogP contribution < -0.4 is 5.32 Å². The molecule has 0 saturated carbocycles. The second-order valence-corrected chi connectivity index (χ2v) is 5.44. The number of aromatic hydroxyl groups is 1. The van der Waals surface area contributed by atoms with Crippen LogP contribution in [0.5, 0.6) is 5.75 Å². The molecule has 6 heteroatoms. The average Bonchev–Trinajstić information content (AvgIpc) is 2.86. The molecule has 1 heterocycles. The van der Waals surface area contributed by atoms with Crippen molar-refractivity contribution >= 4 is 52.2 Å². The zero-order valence-electron chi connectivity index (χ0n) is 9.56. The third-order valence-corrected chi connectivity index (χ3v) is 3.57. The van der Waals surface area contributed by atoms with E-state index in [-0.39, 0.29) is 22.4 Å². The Balaban J connectivity index is 2.11. The van der Waals surface area contributed by atoms with E-state index < -0.39 is 0 Å². The maximum atomic E-state index is 11.7. The number of hydrogen-bond donors (Lipinski definition) is 2. The van der Waals surface area contributed by atoms with Crippen LogP contribution in [0.25, 0.3) is 6.08 Å². The number of phenols is 1. The average molecular weight is 314 g/mol. The normalized spacial score (nSPS) is 10.8. The molecule has 0 aliphatic carbocycles. The van der Waals surface area contributed by atoms with E-state index in [0.29, 0.717) is 5.02 Å². The number of carbonyl (C=O) groups excluding carboxylic acids is 1. The highest BCUT2D eigenvalue weighted by Crippen LogP contribution is 2.34. The third kappa shape index (κ3) is 3.73. The van der Waals surface area contributed by atoms with E-state index in [9.17, 15) is 9.90 Å². The van der Waals surface area contributed by atoms with Gasteiger partial charge in [0.25, 0.3) is 0 Å². The van der Waals surface area contributed by atoms with Gasteiger partial charge in [-0.2, -0.15) is 0 Å². The number of hydrogen-bond acceptors (Lipinski definition) is 3. The first-order valence-corrected chi connectivity index (χ1v) is 6.90. The van der Waals surface area contributed by atoms with Crippen LogP contribution in [-0.4, -0.2) is 11.0 Å². The van der Waals surface area contributed by atoms with Crippen LogP contribution in [-0.2, 0) is 4.79 Å². The molecule has 19 heavy (non-hydrogen) atoms. The number of amides is 1. The quantitative estimate of drug-likeness (QED) is 0.651. The second-order valence-electron chi connectivity index (χ2n) is 3.62. The van der Waals surface area contributed by atoms with Gasteiger partial charge in [0, 0.05) is 16.0 Å². The van der Waals surface area contributed by atoms with Crippen molar-refractivity contribution in [2.45, 2.75) is 0 Å². The maximum absolute atomic E-state index is 11.7. The van der Waals surface area contributed by atoms with E-state index in [1.54, 1.807) is 6.08 Å². The van der Waals surface area contributed by atoms with Crippen LogP contribution in [0.2, 0.25) is 10.0 Å². The molecular formula is C13H9Cl2NO2S. The van der Waals surface area contributed by atoms with Gasteiger partial charge in [-0.25, -0.2) is 0 Å². The lowest BCUT2D eigenvalue weighted by Crippen LogP contribution is -2.07. The Morgan fingerprint density at radius 1 is 1.37 bits per heavy atom. The minimum atomic E-state index is -0.373. The predicted octanol–water partition coefficient (Wildman–Crippen LogP) is 4.41. The molecular weight excluding hydrogens is 305 g/mol. The van der Waals surface area contributed by atoms with Crippen LogP contribution in [0.15, 0.2) is 35.7 Å². The van der Waals surface area contributed by atoms with E-state index >= 15 is 0 Å². The summed E-state index contributed by atoms with van der Waals surface area (Å²) in [5.74, 6) is -0.578. The molecule has 0 spiro atoms. The molecule has 1 aromatic heterocycles. The summed E-state index contributed by atoms with van der Waals surface area (Å²) in [6.07, 6.45) is 3.06. The largest absolute Gasteiger partial charge is 0.504 e. The van der Waals surface area contributed by atoms with Crippen LogP contribution in [0, 0.1) is 0 Å². The Morgan fingerprint density at radius 3 is 2.84 bits per heavy atom. The third-order valence-electron chi connectivity index (χ3n) is 2.23. The number of carbonyl (C=O) groups is 1. The minimum Gasteiger partial charge on any atom is -0.504 e. The molecule has 98 valence electrons. The highest BCUT2D eigenvalue weighted by atomic mass is 35.5. The van der Waals surface area contributed by atoms with Gasteiger partial charge >= 0.3 is 0 Å². The Morgan fingerprint density at radius 2 is 2.16 bits per heavy atom. The Hall–Kier alpha value is -1.49. The Labute approximate surface area is 124 Å². The van der Waals surface area contributed by atoms with Crippen molar-refractivity contribution in [3.63, 3.8) is 0 Å². The van der Waals surface area contributed by atoms with Gasteiger partial charge < -0.3 is 10.4 Å². The molecule has 0 radical (unpaired) electrons. The molecule has 1 aromatic carbocycles. The predicted molar refractivity (Wildman–Crippen MR) is 80.1 cm³/mol. The maximum Gasteiger partial charge on any atom is 0.248 e. The van der Waals surface area contributed by atoms with Crippen LogP contribution in [0.1, 0.15) is 4.88 Å². The Bertz CT molecular complexity index is 624. The van der Waals surface area contributed by atoms with E-state index in [1.807, 2.05) is 17.5 Å². The zero-order chi connectivity index (χ0) is 13.8. The summed E-state index contributed by atoms with van der Waals surface area (Å²) in [6.45, 7) is 0. The monoisotopic (exact) mass is 313 g/mol. The van der Waals surface area contributed by atoms with E-state index in [4.69, 9.17) is 23.2 Å². The van der Waals surface area contributed by atoms with Crippen molar-refractivity contribution in [1.82, 2.24) is 0 Å². The fourth-order valence-corrected chi connectivity index (χ4v) is 2.49. The molecule has 2 rings (SSSR count). The first kappa shape index (κ1) is 13.9. The topological polar surface area (TPSA) is 49.3 Å². The molecule has 3 nitrogen and oxygen atoms in total. The summed E-state index contributed by atoms with van der Waals surface area (Å²) in [7, 11) is 0. The molecule has 2 N–H and O–H groups in total. The van der Waals surface area contributed by atoms with E-state index in [0.717, 1.165) is 4.88 Å². The first-order valence-electron chi connectivity index (χ1n) is 5.27. The lowest BCUT2D eigenvalue weighted by atomic mass is 10.3. The molecule has 0 bridgehead atoms. The first-order chi connectivity index (χ1) is 9.06. The lowest BCUT2D eigenvalue weighted by molar-refractivity contribution is -0.111. The van der Waals surface area contributed by atoms with Gasteiger partial charge in [0.2, 0.25) is 5.91 Å². The summed E-state index contributed by atoms with van der Waals surface area (Å²) < 4.78 is 0. The van der Waals surface area contributed by atoms with Gasteiger partial charge in [0.05, 0.1) is 10.7 Å². The van der Waals surface area contributed by atoms with Gasteiger partial charge in [-0.1, -0.05) is 29.3 Å². The van der Waals surface area contributed by atoms with Crippen LogP contribution in [0.3, 0.4) is 0 Å². The summed E-state index contributed by atoms with van der Waals surface area (Å²) in [4.78, 5) is 12.7. The second kappa shape index (κ2) is 6.10. The molecule has 0 unspecified atom stereocenters. The number of rotatable bonds is 3. The standard InChI is InChI=1S/C13H9Cl2NO2S/c14-8-6-10(15)13(18)11(7-8)16-12(17)4-3-9-2-1-5-19-9/h1-7,18H,(H,16,17)/b4-3+. The molecule has 0 saturated heterocycles. The summed E-state index contributed by atoms with van der Waals surface area (Å²) in [6, 6.07) is 6.61. The van der Waals surface area contributed by atoms with Crippen molar-refractivity contribution in [3.8, 4) is 5.75 Å². The number of benzene rings is 1. The van der Waals surface area contributed by atoms with Crippen LogP contribution in [0.4, 0.5) is 5.69 Å². The van der Waals surface area contributed by atoms with E-state index in [1.165, 1.54) is 29.5 Å². The van der Waals surface area contributed by atoms with Gasteiger partial charge in [0.15, 0.2) is 5.75 Å². The minimum absolute atomic E-state index is 0.0880. The van der Waals surface area contributed by atoms with Crippen molar-refractivity contribution in [3.05, 3.63) is 50.6 Å². The number of thiophene rings is 1. The molecule has 0 aliphatic heterocycles. The fraction of sp³-hybridized carbons (Fsp3) is 0. The lowest BCUT2D eigenvalue weighted by Gasteiger charge is -2.07. The molecule has 1 amide bonds. The molecule has 0 atom stereocenters. The summed E-state index contributed by atoms with van der Waals surface area (Å²) in [5.41, 5.74) is 0.179. The van der Waals surface area contributed by atoms with Crippen LogP contribution >= 0.6 is 34.5 Å². The van der Waals surface area contributed by atoms with Crippen molar-refractivity contribution in [2.24, 2.45) is 0 Å². The van der Waals surface area contributed by atoms with Gasteiger partial charge in [-0.05, 0) is 29.7 Å². The zero-order valence-corrected chi connectivity index (χ0v) is 11.9. The van der Waals surface area contributed by atoms with E-state index in [2.05, 4.69) is 5.32 Å². The summed E-state index contributed by atoms with van der Waals surface area (Å²) >= 11 is 13.1. The molecule has 0 aliphatic rings. The smallest absolute Gasteiger partial charge is 0.248 e. The molecule has 2 aromatic rings. The van der Waals surface area contributed by atoms with Gasteiger partial charge in [0.1, 0.15) is 0 Å². The SMILES string of the molecule is O=C(/C=C/c1cccs1)Nc1cc(Cl)cc(Cl)c1O. The molecule has 0 fully saturated rings. The van der Waals surface area contributed by atoms with Gasteiger partial charge in [-0.15, -0.1) is 11.3 Å². The van der Waals surface area contributed by atoms with Crippen molar-refractivity contribution in [1.29, 1.82) is 0 Å². The number of phenolic OH excluding ortho intramolecular Hbond substituents is 1. The van der Waals surface area contributed by atoms with Crippen molar-refractivity contribution in [2.75, 3.05) is 5.32 Å². The van der Waals surface area contributed by atoms with Crippen molar-refractivity contribution < 1.29 is 9.90 Å². The number of nitrogens with one attached hydrogen (secondary N) is 1. The fourth-order valence-electron chi connectivity index (χ4n) is 1.38. The highest BCUT2D eigenvalue weighted by Gasteiger charge is 2.09. The highest BCUT2D eigenvalue weighted by molar-refractivity contribution is 7.10. The summed E-state index contributed by atoms with van der Waals surface area (Å²) in [5, 5.41) is 14.5. The number of halogens is 2.